The van der Waals surface area contributed by atoms with Gasteiger partial charge in [-0.15, -0.1) is 0 Å². The normalized spacial score (nSPS) is 11.5. The highest BCUT2D eigenvalue weighted by Crippen LogP contribution is 2.14. The summed E-state index contributed by atoms with van der Waals surface area (Å²) in [4.78, 5) is 24.5. The SMILES string of the molecule is O=C(OCCO)C(Cc1ccccc1)C(=O)OCc1ccccc1. The van der Waals surface area contributed by atoms with Crippen LogP contribution in [-0.4, -0.2) is 30.3 Å². The van der Waals surface area contributed by atoms with E-state index in [1.165, 1.54) is 0 Å². The summed E-state index contributed by atoms with van der Waals surface area (Å²) in [5.41, 5.74) is 1.67. The molecule has 5 heteroatoms. The molecule has 5 nitrogen and oxygen atoms in total. The van der Waals surface area contributed by atoms with Gasteiger partial charge in [-0.3, -0.25) is 9.59 Å². The third kappa shape index (κ3) is 5.52. The maximum atomic E-state index is 12.3. The zero-order valence-electron chi connectivity index (χ0n) is 13.3. The molecule has 24 heavy (non-hydrogen) atoms. The number of hydrogen-bond acceptors (Lipinski definition) is 5. The molecule has 126 valence electrons. The third-order valence-electron chi connectivity index (χ3n) is 3.41. The average Bonchev–Trinajstić information content (AvgIpc) is 2.64. The van der Waals surface area contributed by atoms with Crippen LogP contribution in [0.2, 0.25) is 0 Å². The van der Waals surface area contributed by atoms with Crippen molar-refractivity contribution in [3.05, 3.63) is 71.8 Å². The Morgan fingerprint density at radius 1 is 0.833 bits per heavy atom. The Balaban J connectivity index is 2.03. The van der Waals surface area contributed by atoms with Crippen LogP contribution in [0.5, 0.6) is 0 Å². The summed E-state index contributed by atoms with van der Waals surface area (Å²) in [5, 5.41) is 8.78. The Labute approximate surface area is 140 Å². The van der Waals surface area contributed by atoms with E-state index in [4.69, 9.17) is 14.6 Å². The van der Waals surface area contributed by atoms with Crippen LogP contribution in [0.1, 0.15) is 11.1 Å². The second-order valence-corrected chi connectivity index (χ2v) is 5.23. The zero-order chi connectivity index (χ0) is 17.2. The zero-order valence-corrected chi connectivity index (χ0v) is 13.3. The molecule has 0 aromatic heterocycles. The molecule has 0 aliphatic carbocycles. The molecule has 0 aliphatic heterocycles. The highest BCUT2D eigenvalue weighted by Gasteiger charge is 2.30. The molecule has 2 rings (SSSR count). The van der Waals surface area contributed by atoms with E-state index in [-0.39, 0.29) is 26.2 Å². The predicted octanol–water partition coefficient (Wildman–Crippen LogP) is 2.12. The molecule has 2 aromatic carbocycles. The molecule has 0 fully saturated rings. The average molecular weight is 328 g/mol. The molecular formula is C19H20O5. The molecule has 0 spiro atoms. The van der Waals surface area contributed by atoms with Gasteiger partial charge in [0.05, 0.1) is 6.61 Å². The van der Waals surface area contributed by atoms with Crippen molar-refractivity contribution in [2.24, 2.45) is 5.92 Å². The van der Waals surface area contributed by atoms with E-state index in [9.17, 15) is 9.59 Å². The van der Waals surface area contributed by atoms with Gasteiger partial charge in [-0.25, -0.2) is 0 Å². The first-order valence-corrected chi connectivity index (χ1v) is 7.72. The predicted molar refractivity (Wildman–Crippen MR) is 87.9 cm³/mol. The summed E-state index contributed by atoms with van der Waals surface area (Å²) in [7, 11) is 0. The Morgan fingerprint density at radius 2 is 1.38 bits per heavy atom. The van der Waals surface area contributed by atoms with E-state index >= 15 is 0 Å². The topological polar surface area (TPSA) is 72.8 Å². The molecule has 2 aromatic rings. The molecule has 0 aliphatic rings. The quantitative estimate of drug-likeness (QED) is 0.593. The van der Waals surface area contributed by atoms with Crippen molar-refractivity contribution in [2.75, 3.05) is 13.2 Å². The first-order chi connectivity index (χ1) is 11.7. The number of benzene rings is 2. The van der Waals surface area contributed by atoms with Crippen LogP contribution < -0.4 is 0 Å². The van der Waals surface area contributed by atoms with Gasteiger partial charge < -0.3 is 14.6 Å². The van der Waals surface area contributed by atoms with Crippen LogP contribution in [0.3, 0.4) is 0 Å². The van der Waals surface area contributed by atoms with Gasteiger partial charge in [0.25, 0.3) is 0 Å². The van der Waals surface area contributed by atoms with Gasteiger partial charge in [-0.2, -0.15) is 0 Å². The monoisotopic (exact) mass is 328 g/mol. The lowest BCUT2D eigenvalue weighted by atomic mass is 9.99. The lowest BCUT2D eigenvalue weighted by molar-refractivity contribution is -0.163. The third-order valence-corrected chi connectivity index (χ3v) is 3.41. The van der Waals surface area contributed by atoms with Gasteiger partial charge >= 0.3 is 11.9 Å². The van der Waals surface area contributed by atoms with Gasteiger partial charge in [0.15, 0.2) is 5.92 Å². The molecule has 1 unspecified atom stereocenters. The smallest absolute Gasteiger partial charge is 0.321 e. The van der Waals surface area contributed by atoms with Crippen molar-refractivity contribution < 1.29 is 24.2 Å². The van der Waals surface area contributed by atoms with Gasteiger partial charge in [-0.05, 0) is 17.5 Å². The van der Waals surface area contributed by atoms with Crippen molar-refractivity contribution in [1.82, 2.24) is 0 Å². The highest BCUT2D eigenvalue weighted by atomic mass is 16.6. The summed E-state index contributed by atoms with van der Waals surface area (Å²) < 4.78 is 10.2. The Morgan fingerprint density at radius 3 is 1.96 bits per heavy atom. The van der Waals surface area contributed by atoms with Crippen molar-refractivity contribution in [3.8, 4) is 0 Å². The fourth-order valence-corrected chi connectivity index (χ4v) is 2.19. The van der Waals surface area contributed by atoms with E-state index in [1.54, 1.807) is 0 Å². The van der Waals surface area contributed by atoms with Crippen molar-refractivity contribution in [3.63, 3.8) is 0 Å². The van der Waals surface area contributed by atoms with Crippen molar-refractivity contribution in [2.45, 2.75) is 13.0 Å². The van der Waals surface area contributed by atoms with Gasteiger partial charge in [0, 0.05) is 0 Å². The summed E-state index contributed by atoms with van der Waals surface area (Å²) in [5.74, 6) is -2.38. The molecule has 0 amide bonds. The lowest BCUT2D eigenvalue weighted by Crippen LogP contribution is -2.30. The lowest BCUT2D eigenvalue weighted by Gasteiger charge is -2.15. The Kier molecular flexibility index (Phi) is 6.98. The van der Waals surface area contributed by atoms with Crippen molar-refractivity contribution >= 4 is 11.9 Å². The fourth-order valence-electron chi connectivity index (χ4n) is 2.19. The second kappa shape index (κ2) is 9.47. The van der Waals surface area contributed by atoms with Crippen LogP contribution in [0.25, 0.3) is 0 Å². The summed E-state index contributed by atoms with van der Waals surface area (Å²) >= 11 is 0. The minimum absolute atomic E-state index is 0.0955. The van der Waals surface area contributed by atoms with Gasteiger partial charge in [0.1, 0.15) is 13.2 Å². The maximum absolute atomic E-state index is 12.3. The van der Waals surface area contributed by atoms with Crippen LogP contribution in [0.15, 0.2) is 60.7 Å². The summed E-state index contributed by atoms with van der Waals surface area (Å²) in [6.45, 7) is -0.336. The highest BCUT2D eigenvalue weighted by molar-refractivity contribution is 5.95. The van der Waals surface area contributed by atoms with Crippen LogP contribution in [0, 0.1) is 5.92 Å². The number of hydrogen-bond donors (Lipinski definition) is 1. The molecule has 1 N–H and O–H groups in total. The molecule has 0 saturated heterocycles. The largest absolute Gasteiger partial charge is 0.463 e. The summed E-state index contributed by atoms with van der Waals surface area (Å²) in [6.07, 6.45) is 0.193. The minimum atomic E-state index is -1.05. The molecular weight excluding hydrogens is 308 g/mol. The van der Waals surface area contributed by atoms with Crippen molar-refractivity contribution in [1.29, 1.82) is 0 Å². The van der Waals surface area contributed by atoms with E-state index in [2.05, 4.69) is 0 Å². The molecule has 1 atom stereocenters. The molecule has 0 bridgehead atoms. The standard InChI is InChI=1S/C19H20O5/c20-11-12-23-18(21)17(13-15-7-3-1-4-8-15)19(22)24-14-16-9-5-2-6-10-16/h1-10,17,20H,11-14H2. The maximum Gasteiger partial charge on any atom is 0.321 e. The minimum Gasteiger partial charge on any atom is -0.463 e. The number of rotatable bonds is 8. The van der Waals surface area contributed by atoms with E-state index < -0.39 is 17.9 Å². The Bertz CT molecular complexity index is 639. The number of carbonyl (C=O) groups is 2. The van der Waals surface area contributed by atoms with E-state index in [1.807, 2.05) is 60.7 Å². The van der Waals surface area contributed by atoms with E-state index in [0.717, 1.165) is 11.1 Å². The fraction of sp³-hybridized carbons (Fsp3) is 0.263. The molecule has 0 radical (unpaired) electrons. The van der Waals surface area contributed by atoms with Crippen LogP contribution >= 0.6 is 0 Å². The second-order valence-electron chi connectivity index (χ2n) is 5.23. The molecule has 0 saturated carbocycles. The van der Waals surface area contributed by atoms with Crippen LogP contribution in [-0.2, 0) is 32.1 Å². The Hall–Kier alpha value is -2.66. The number of ether oxygens (including phenoxy) is 2. The number of carbonyl (C=O) groups excluding carboxylic acids is 2. The van der Waals surface area contributed by atoms with Gasteiger partial charge in [-0.1, -0.05) is 60.7 Å². The number of esters is 2. The first kappa shape index (κ1) is 17.7. The molecule has 0 heterocycles. The first-order valence-electron chi connectivity index (χ1n) is 7.72. The van der Waals surface area contributed by atoms with Crippen LogP contribution in [0.4, 0.5) is 0 Å². The summed E-state index contributed by atoms with van der Waals surface area (Å²) in [6, 6.07) is 18.4. The van der Waals surface area contributed by atoms with E-state index in [0.29, 0.717) is 0 Å². The number of aliphatic hydroxyl groups is 1. The number of aliphatic hydroxyl groups excluding tert-OH is 1. The van der Waals surface area contributed by atoms with Gasteiger partial charge in [0.2, 0.25) is 0 Å².